The number of ether oxygens (including phenoxy) is 3. The van der Waals surface area contributed by atoms with Crippen LogP contribution in [-0.4, -0.2) is 241 Å². The number of aryl methyl sites for hydroxylation is 3. The smallest absolute Gasteiger partial charge is 0.288 e. The van der Waals surface area contributed by atoms with Crippen molar-refractivity contribution in [2.45, 2.75) is 287 Å². The van der Waals surface area contributed by atoms with E-state index in [2.05, 4.69) is 77.2 Å². The summed E-state index contributed by atoms with van der Waals surface area (Å²) < 4.78 is 97.2. The number of ketones is 3. The van der Waals surface area contributed by atoms with Crippen molar-refractivity contribution >= 4 is 145 Å². The van der Waals surface area contributed by atoms with E-state index in [1.165, 1.54) is 75.2 Å². The van der Waals surface area contributed by atoms with E-state index in [0.29, 0.717) is 196 Å². The molecule has 3 aliphatic carbocycles. The van der Waals surface area contributed by atoms with Crippen LogP contribution in [0, 0.1) is 35.5 Å². The molecule has 6 aliphatic heterocycles. The Labute approximate surface area is 857 Å². The molecule has 3 amide bonds. The first-order chi connectivity index (χ1) is 67.3. The number of Topliss-reactive ketones (excluding diaryl/α,β-unsaturated/α-hetero) is 3. The quantitative estimate of drug-likeness (QED) is 0.0300. The number of piperazine rings is 3. The summed E-state index contributed by atoms with van der Waals surface area (Å²) in [4.78, 5) is 115. The predicted molar refractivity (Wildman–Crippen MR) is 563 cm³/mol. The van der Waals surface area contributed by atoms with Gasteiger partial charge in [0.05, 0.1) is 36.9 Å². The monoisotopic (exact) mass is 2120 g/mol. The fourth-order valence-corrected chi connectivity index (χ4v) is 25.9. The van der Waals surface area contributed by atoms with Crippen molar-refractivity contribution in [2.75, 3.05) is 97.3 Å². The van der Waals surface area contributed by atoms with E-state index < -0.39 is 48.2 Å². The highest BCUT2D eigenvalue weighted by atomic mass is 79.9. The maximum Gasteiger partial charge on any atom is 0.288 e. The number of amides is 3. The number of hydrogen-bond acceptors (Lipinski definition) is 24. The first-order valence-electron chi connectivity index (χ1n) is 51.3. The summed E-state index contributed by atoms with van der Waals surface area (Å²) in [5.74, 6) is 1.38. The highest BCUT2D eigenvalue weighted by Gasteiger charge is 2.47. The van der Waals surface area contributed by atoms with Crippen LogP contribution < -0.4 is 14.2 Å². The summed E-state index contributed by atoms with van der Waals surface area (Å²) in [5, 5.41) is 6.72. The molecular formula is C105H148BrClN12O15S6. The number of nitrogens with zero attached hydrogens (tertiary/aromatic N) is 9. The number of carbonyl (C=O) groups excluding carboxylic acids is 6. The molecule has 0 bridgehead atoms. The average molecular weight is 2130 g/mol. The van der Waals surface area contributed by atoms with Gasteiger partial charge in [-0.1, -0.05) is 216 Å². The maximum absolute atomic E-state index is 14.5. The number of carbonyl (C=O) groups is 6. The highest BCUT2D eigenvalue weighted by molar-refractivity contribution is 9.10. The van der Waals surface area contributed by atoms with Crippen molar-refractivity contribution in [3.63, 3.8) is 0 Å². The number of sulfonamides is 3. The number of nitrogens with one attached hydrogen (secondary N) is 3. The summed E-state index contributed by atoms with van der Waals surface area (Å²) in [7, 11) is -9.74. The fourth-order valence-electron chi connectivity index (χ4n) is 21.6. The minimum Gasteiger partial charge on any atom is -0.455 e. The molecule has 12 atom stereocenters. The van der Waals surface area contributed by atoms with Crippen LogP contribution in [0.2, 0.25) is 5.02 Å². The largest absolute Gasteiger partial charge is 0.455 e. The third-order valence-corrected chi connectivity index (χ3v) is 34.8. The minimum atomic E-state index is -3.25. The van der Waals surface area contributed by atoms with Gasteiger partial charge in [-0.2, -0.15) is 0 Å². The SMILES string of the molecule is C[C@@H]1N=C(N2CCN(C(=O)[C@@H](CCCCNS(C)(=O)=O)CC3CCCCC3)[C@H](C(=O)CCc3cccs3)C2)O[C@H]1c1cccc(Br)c1.C[C@@H]1N=C(N2CCN(C(=O)[C@@H](CCCCNS(C)(=O)=O)CC3CCCCC3)[C@H](C(=O)CCc3cccs3)C2)O[C@H]1c1cccc(Cl)c1.C[C@@H]1N=C(N2CCN(C(=O)[C@@H](CCCCNS(C)(=O)=O)CC3CCCCC3)[C@H](C(=O)CCc3cccs3)C2)O[C@H]1c1ccccc1. The number of benzene rings is 3. The van der Waals surface area contributed by atoms with Gasteiger partial charge in [-0.05, 0) is 191 Å². The van der Waals surface area contributed by atoms with Gasteiger partial charge in [0.1, 0.15) is 36.4 Å². The molecule has 3 aromatic carbocycles. The first kappa shape index (κ1) is 110. The lowest BCUT2D eigenvalue weighted by Crippen LogP contribution is -2.60. The number of amidine groups is 3. The molecule has 35 heteroatoms. The predicted octanol–water partition coefficient (Wildman–Crippen LogP) is 18.2. The highest BCUT2D eigenvalue weighted by Crippen LogP contribution is 2.41. The molecule has 6 aromatic rings. The Morgan fingerprint density at radius 2 is 0.714 bits per heavy atom. The number of hydrogen-bond donors (Lipinski definition) is 3. The van der Waals surface area contributed by atoms with Gasteiger partial charge in [0.25, 0.3) is 18.1 Å². The lowest BCUT2D eigenvalue weighted by Gasteiger charge is -2.42. The van der Waals surface area contributed by atoms with Gasteiger partial charge in [0.2, 0.25) is 47.8 Å². The zero-order valence-corrected chi connectivity index (χ0v) is 89.8. The summed E-state index contributed by atoms with van der Waals surface area (Å²) in [5.41, 5.74) is 3.07. The summed E-state index contributed by atoms with van der Waals surface area (Å²) in [6.07, 6.45) is 32.6. The summed E-state index contributed by atoms with van der Waals surface area (Å²) in [6.45, 7) is 11.2. The third-order valence-electron chi connectivity index (χ3n) is 29.1. The van der Waals surface area contributed by atoms with Gasteiger partial charge >= 0.3 is 0 Å². The zero-order valence-electron chi connectivity index (χ0n) is 82.5. The second-order valence-electron chi connectivity index (χ2n) is 40.0. The molecular weight excluding hydrogens is 1980 g/mol. The van der Waals surface area contributed by atoms with E-state index in [1.54, 1.807) is 34.0 Å². The molecule has 6 fully saturated rings. The second kappa shape index (κ2) is 54.1. The van der Waals surface area contributed by atoms with Crippen LogP contribution in [0.3, 0.4) is 0 Å². The Bertz CT molecular complexity index is 5190. The summed E-state index contributed by atoms with van der Waals surface area (Å²) >= 11 is 14.8. The van der Waals surface area contributed by atoms with Gasteiger partial charge in [-0.25, -0.2) is 54.4 Å². The molecule has 15 rings (SSSR count). The molecule has 3 aromatic heterocycles. The van der Waals surface area contributed by atoms with Gasteiger partial charge in [0.15, 0.2) is 17.3 Å². The minimum absolute atomic E-state index is 0.0536. The molecule has 3 saturated carbocycles. The van der Waals surface area contributed by atoms with Crippen LogP contribution in [0.5, 0.6) is 0 Å². The molecule has 3 N–H and O–H groups in total. The molecule has 9 aliphatic rings. The molecule has 0 unspecified atom stereocenters. The molecule has 0 spiro atoms. The van der Waals surface area contributed by atoms with E-state index in [0.717, 1.165) is 114 Å². The normalized spacial score (nSPS) is 23.0. The maximum atomic E-state index is 14.5. The van der Waals surface area contributed by atoms with E-state index in [-0.39, 0.29) is 89.3 Å². The van der Waals surface area contributed by atoms with E-state index in [4.69, 9.17) is 40.8 Å². The van der Waals surface area contributed by atoms with Crippen molar-refractivity contribution in [1.29, 1.82) is 0 Å². The number of aliphatic imine (C=N–C) groups is 3. The Kier molecular flexibility index (Phi) is 42.4. The summed E-state index contributed by atoms with van der Waals surface area (Å²) in [6, 6.07) is 37.6. The molecule has 27 nitrogen and oxygen atoms in total. The Morgan fingerprint density at radius 1 is 0.400 bits per heavy atom. The lowest BCUT2D eigenvalue weighted by atomic mass is 9.80. The zero-order chi connectivity index (χ0) is 99.3. The van der Waals surface area contributed by atoms with Crippen molar-refractivity contribution in [3.8, 4) is 0 Å². The van der Waals surface area contributed by atoms with Gasteiger partial charge in [0, 0.05) is 140 Å². The number of rotatable bonds is 42. The average Bonchev–Trinajstić information content (AvgIpc) is 1.58. The number of thiophene rings is 3. The van der Waals surface area contributed by atoms with Gasteiger partial charge in [-0.15, -0.1) is 34.0 Å². The Morgan fingerprint density at radius 3 is 1.02 bits per heavy atom. The standard InChI is InChI=1S/C35H49BrN4O5S2.C35H49ClN4O5S2.C35H50N4O5S2/c2*1-25-33(27-13-8-14-29(36)23-27)45-35(38-25)39-19-20-40(31(24-39)32(41)17-16-30-15-9-21-46-30)34(42)28(22-26-10-4-3-5-11-26)12-6-7-18-37-47(2,43)44;1-26-33(28-14-7-4-8-15-28)44-35(37-26)38-21-22-39(31(25-38)32(40)19-18-30-17-11-23-45-30)34(41)29(24-27-12-5-3-6-13-27)16-9-10-20-36-46(2,42)43/h2*8-9,13-15,21,23,25-26,28,31,33,37H,3-7,10-12,16-20,22,24H2,1-2H3;4,7-8,11,14-15,17,23,26-27,29,31,33,36H,3,5-6,9-10,12-13,16,18-22,24-25H2,1-2H3/t2*25-,28-,31-,33+;26-,29-,31-,33+/m000/s1. The fraction of sp³-hybridized carbons (Fsp3) is 0.629. The van der Waals surface area contributed by atoms with Gasteiger partial charge < -0.3 is 43.6 Å². The number of halogens is 2. The van der Waals surface area contributed by atoms with E-state index in [1.807, 2.05) is 135 Å². The van der Waals surface area contributed by atoms with Crippen molar-refractivity contribution in [2.24, 2.45) is 50.5 Å². The van der Waals surface area contributed by atoms with E-state index >= 15 is 0 Å². The van der Waals surface area contributed by atoms with Crippen molar-refractivity contribution in [1.82, 2.24) is 43.6 Å². The van der Waals surface area contributed by atoms with Crippen LogP contribution in [0.4, 0.5) is 0 Å². The topological polar surface area (TPSA) is 325 Å². The van der Waals surface area contributed by atoms with Crippen molar-refractivity contribution in [3.05, 3.63) is 172 Å². The van der Waals surface area contributed by atoms with Gasteiger partial charge in [-0.3, -0.25) is 28.8 Å². The van der Waals surface area contributed by atoms with Crippen LogP contribution in [0.25, 0.3) is 0 Å². The molecule has 9 heterocycles. The molecule has 768 valence electrons. The third kappa shape index (κ3) is 33.8. The second-order valence-corrected chi connectivity index (χ2v) is 50.0. The van der Waals surface area contributed by atoms with Crippen LogP contribution in [0.15, 0.2) is 151 Å². The van der Waals surface area contributed by atoms with Crippen molar-refractivity contribution < 1.29 is 68.2 Å². The molecule has 3 saturated heterocycles. The molecule has 0 radical (unpaired) electrons. The van der Waals surface area contributed by atoms with Crippen LogP contribution in [0.1, 0.15) is 263 Å². The van der Waals surface area contributed by atoms with Crippen LogP contribution in [-0.2, 0) is 92.3 Å². The Balaban J connectivity index is 0.000000177. The molecule has 140 heavy (non-hydrogen) atoms. The van der Waals surface area contributed by atoms with E-state index in [9.17, 15) is 54.0 Å². The first-order valence-corrected chi connectivity index (χ1v) is 60.8. The van der Waals surface area contributed by atoms with Crippen LogP contribution >= 0.6 is 61.5 Å². The lowest BCUT2D eigenvalue weighted by molar-refractivity contribution is -0.146. The Hall–Kier alpha value is -7.51. The number of unbranched alkanes of at least 4 members (excludes halogenated alkanes) is 3.